The lowest BCUT2D eigenvalue weighted by Crippen LogP contribution is -2.41. The van der Waals surface area contributed by atoms with Crippen molar-refractivity contribution < 1.29 is 9.53 Å². The first-order valence-corrected chi connectivity index (χ1v) is 10.5. The topological polar surface area (TPSA) is 134 Å². The molecule has 0 spiro atoms. The number of anilines is 1. The highest BCUT2D eigenvalue weighted by Gasteiger charge is 2.46. The van der Waals surface area contributed by atoms with Crippen molar-refractivity contribution in [2.75, 3.05) is 19.5 Å². The SMILES string of the molecule is COCCn1cc(C(=O)N=C(N)[C@@](C)(c2ccc(-c3cnc(N)nc3)cc2)C2CC2)cn1. The molecule has 9 nitrogen and oxygen atoms in total. The molecule has 1 atom stereocenters. The zero-order valence-electron chi connectivity index (χ0n) is 18.2. The van der Waals surface area contributed by atoms with Gasteiger partial charge in [0.25, 0.3) is 5.91 Å². The van der Waals surface area contributed by atoms with Gasteiger partial charge in [-0.25, -0.2) is 9.97 Å². The van der Waals surface area contributed by atoms with Crippen molar-refractivity contribution in [1.29, 1.82) is 0 Å². The van der Waals surface area contributed by atoms with E-state index in [1.54, 1.807) is 30.4 Å². The molecule has 166 valence electrons. The third-order valence-electron chi connectivity index (χ3n) is 6.04. The van der Waals surface area contributed by atoms with E-state index in [-0.39, 0.29) is 5.95 Å². The van der Waals surface area contributed by atoms with E-state index in [2.05, 4.69) is 27.0 Å². The van der Waals surface area contributed by atoms with E-state index >= 15 is 0 Å². The number of nitrogens with zero attached hydrogens (tertiary/aromatic N) is 5. The minimum atomic E-state index is -0.530. The zero-order chi connectivity index (χ0) is 22.7. The van der Waals surface area contributed by atoms with Gasteiger partial charge in [0.2, 0.25) is 5.95 Å². The number of hydrogen-bond donors (Lipinski definition) is 2. The number of benzene rings is 1. The number of nitrogens with two attached hydrogens (primary N) is 2. The van der Waals surface area contributed by atoms with Crippen molar-refractivity contribution in [2.45, 2.75) is 31.7 Å². The van der Waals surface area contributed by atoms with Gasteiger partial charge >= 0.3 is 0 Å². The number of carbonyl (C=O) groups excluding carboxylic acids is 1. The Morgan fingerprint density at radius 2 is 1.88 bits per heavy atom. The van der Waals surface area contributed by atoms with Crippen LogP contribution < -0.4 is 11.5 Å². The molecule has 2 aromatic heterocycles. The number of rotatable bonds is 8. The first-order chi connectivity index (χ1) is 15.4. The number of aliphatic imine (C=N–C) groups is 1. The summed E-state index contributed by atoms with van der Waals surface area (Å²) < 4.78 is 6.70. The summed E-state index contributed by atoms with van der Waals surface area (Å²) in [7, 11) is 1.62. The van der Waals surface area contributed by atoms with Crippen molar-refractivity contribution in [1.82, 2.24) is 19.7 Å². The van der Waals surface area contributed by atoms with Crippen molar-refractivity contribution >= 4 is 17.7 Å². The molecule has 0 unspecified atom stereocenters. The largest absolute Gasteiger partial charge is 0.386 e. The molecule has 1 aromatic carbocycles. The monoisotopic (exact) mass is 433 g/mol. The number of nitrogen functional groups attached to an aromatic ring is 1. The fourth-order valence-electron chi connectivity index (χ4n) is 3.82. The third kappa shape index (κ3) is 4.38. The Hall–Kier alpha value is -3.59. The highest BCUT2D eigenvalue weighted by atomic mass is 16.5. The molecule has 0 radical (unpaired) electrons. The van der Waals surface area contributed by atoms with Crippen LogP contribution in [-0.2, 0) is 16.7 Å². The fourth-order valence-corrected chi connectivity index (χ4v) is 3.82. The molecule has 32 heavy (non-hydrogen) atoms. The number of aromatic nitrogens is 4. The molecule has 0 aliphatic heterocycles. The lowest BCUT2D eigenvalue weighted by molar-refractivity contribution is 0.100. The summed E-state index contributed by atoms with van der Waals surface area (Å²) in [6, 6.07) is 8.05. The van der Waals surface area contributed by atoms with Gasteiger partial charge in [0.15, 0.2) is 0 Å². The maximum absolute atomic E-state index is 12.8. The number of hydrogen-bond acceptors (Lipinski definition) is 6. The van der Waals surface area contributed by atoms with Crippen LogP contribution in [0.1, 0.15) is 35.7 Å². The molecular weight excluding hydrogens is 406 g/mol. The van der Waals surface area contributed by atoms with Crippen LogP contribution in [0.15, 0.2) is 54.0 Å². The minimum absolute atomic E-state index is 0.240. The molecule has 0 saturated heterocycles. The first-order valence-electron chi connectivity index (χ1n) is 10.5. The van der Waals surface area contributed by atoms with Crippen LogP contribution in [0, 0.1) is 5.92 Å². The van der Waals surface area contributed by atoms with E-state index in [9.17, 15) is 4.79 Å². The smallest absolute Gasteiger partial charge is 0.281 e. The number of amidine groups is 1. The van der Waals surface area contributed by atoms with Crippen LogP contribution in [-0.4, -0.2) is 45.2 Å². The second kappa shape index (κ2) is 8.88. The molecule has 4 rings (SSSR count). The van der Waals surface area contributed by atoms with Gasteiger partial charge in [0, 0.05) is 31.3 Å². The van der Waals surface area contributed by atoms with E-state index in [1.807, 2.05) is 24.3 Å². The number of methoxy groups -OCH3 is 1. The van der Waals surface area contributed by atoms with Gasteiger partial charge in [0.1, 0.15) is 5.84 Å². The number of ether oxygens (including phenoxy) is 1. The van der Waals surface area contributed by atoms with Crippen molar-refractivity contribution in [2.24, 2.45) is 16.6 Å². The van der Waals surface area contributed by atoms with E-state index in [0.29, 0.717) is 30.5 Å². The summed E-state index contributed by atoms with van der Waals surface area (Å²) in [5.41, 5.74) is 14.8. The molecule has 2 heterocycles. The molecule has 4 N–H and O–H groups in total. The van der Waals surface area contributed by atoms with E-state index < -0.39 is 11.3 Å². The molecule has 1 fully saturated rings. The number of amides is 1. The lowest BCUT2D eigenvalue weighted by Gasteiger charge is -2.30. The molecule has 3 aromatic rings. The second-order valence-electron chi connectivity index (χ2n) is 8.17. The summed E-state index contributed by atoms with van der Waals surface area (Å²) in [4.78, 5) is 25.1. The highest BCUT2D eigenvalue weighted by molar-refractivity contribution is 6.06. The maximum atomic E-state index is 12.8. The Morgan fingerprint density at radius 3 is 2.50 bits per heavy atom. The first kappa shape index (κ1) is 21.6. The predicted octanol–water partition coefficient (Wildman–Crippen LogP) is 2.43. The van der Waals surface area contributed by atoms with Crippen LogP contribution in [0.2, 0.25) is 0 Å². The van der Waals surface area contributed by atoms with Gasteiger partial charge in [-0.3, -0.25) is 9.48 Å². The molecule has 1 aliphatic rings. The zero-order valence-corrected chi connectivity index (χ0v) is 18.2. The fraction of sp³-hybridized carbons (Fsp3) is 0.348. The van der Waals surface area contributed by atoms with Crippen molar-refractivity contribution in [3.8, 4) is 11.1 Å². The Kier molecular flexibility index (Phi) is 6.00. The van der Waals surface area contributed by atoms with E-state index in [1.165, 1.54) is 6.20 Å². The number of carbonyl (C=O) groups is 1. The van der Waals surface area contributed by atoms with E-state index in [0.717, 1.165) is 29.5 Å². The lowest BCUT2D eigenvalue weighted by atomic mass is 9.76. The van der Waals surface area contributed by atoms with Crippen LogP contribution in [0.3, 0.4) is 0 Å². The maximum Gasteiger partial charge on any atom is 0.281 e. The molecule has 1 saturated carbocycles. The second-order valence-corrected chi connectivity index (χ2v) is 8.17. The third-order valence-corrected chi connectivity index (χ3v) is 6.04. The van der Waals surface area contributed by atoms with Crippen LogP contribution in [0.5, 0.6) is 0 Å². The van der Waals surface area contributed by atoms with Gasteiger partial charge in [-0.15, -0.1) is 0 Å². The van der Waals surface area contributed by atoms with Crippen molar-refractivity contribution in [3.05, 3.63) is 60.2 Å². The molecular formula is C23H27N7O2. The summed E-state index contributed by atoms with van der Waals surface area (Å²) in [6.45, 7) is 3.13. The average Bonchev–Trinajstić information content (AvgIpc) is 3.56. The molecule has 1 amide bonds. The molecule has 1 aliphatic carbocycles. The predicted molar refractivity (Wildman–Crippen MR) is 122 cm³/mol. The van der Waals surface area contributed by atoms with Crippen LogP contribution in [0.25, 0.3) is 11.1 Å². The van der Waals surface area contributed by atoms with Gasteiger partial charge in [-0.2, -0.15) is 10.1 Å². The van der Waals surface area contributed by atoms with Gasteiger partial charge in [0.05, 0.1) is 30.3 Å². The van der Waals surface area contributed by atoms with Gasteiger partial charge < -0.3 is 16.2 Å². The highest BCUT2D eigenvalue weighted by Crippen LogP contribution is 2.47. The Morgan fingerprint density at radius 1 is 1.19 bits per heavy atom. The molecule has 0 bridgehead atoms. The molecule has 9 heteroatoms. The Bertz CT molecular complexity index is 1120. The van der Waals surface area contributed by atoms with Crippen LogP contribution >= 0.6 is 0 Å². The Balaban J connectivity index is 1.58. The summed E-state index contributed by atoms with van der Waals surface area (Å²) in [5, 5.41) is 4.18. The standard InChI is InChI=1S/C23H27N7O2/c1-23(19-7-8-19,18-5-3-15(4-6-18)16-11-26-22(25)27-12-16)21(24)29-20(31)17-13-28-30(14-17)9-10-32-2/h3-6,11-14,19H,7-10H2,1-2H3,(H2,24,29,31)(H2,25,26,27)/t23-/m0/s1. The minimum Gasteiger partial charge on any atom is -0.386 e. The van der Waals surface area contributed by atoms with Gasteiger partial charge in [-0.1, -0.05) is 24.3 Å². The summed E-state index contributed by atoms with van der Waals surface area (Å²) in [5.74, 6) is 0.505. The van der Waals surface area contributed by atoms with Crippen LogP contribution in [0.4, 0.5) is 5.95 Å². The van der Waals surface area contributed by atoms with E-state index in [4.69, 9.17) is 16.2 Å². The average molecular weight is 434 g/mol. The summed E-state index contributed by atoms with van der Waals surface area (Å²) >= 11 is 0. The normalized spacial score (nSPS) is 16.0. The van der Waals surface area contributed by atoms with Gasteiger partial charge in [-0.05, 0) is 36.8 Å². The van der Waals surface area contributed by atoms with Crippen molar-refractivity contribution in [3.63, 3.8) is 0 Å². The Labute approximate surface area is 186 Å². The quantitative estimate of drug-likeness (QED) is 0.411. The summed E-state index contributed by atoms with van der Waals surface area (Å²) in [6.07, 6.45) is 8.65.